The first-order valence-electron chi connectivity index (χ1n) is 5.56. The lowest BCUT2D eigenvalue weighted by Crippen LogP contribution is -2.44. The highest BCUT2D eigenvalue weighted by molar-refractivity contribution is 5.89. The van der Waals surface area contributed by atoms with Crippen LogP contribution in [-0.2, 0) is 0 Å². The lowest BCUT2D eigenvalue weighted by molar-refractivity contribution is 0.261. The second-order valence-electron chi connectivity index (χ2n) is 4.21. The van der Waals surface area contributed by atoms with E-state index in [0.717, 1.165) is 6.54 Å². The van der Waals surface area contributed by atoms with Gasteiger partial charge >= 0.3 is 0 Å². The van der Waals surface area contributed by atoms with Crippen LogP contribution in [0.1, 0.15) is 0 Å². The van der Waals surface area contributed by atoms with Gasteiger partial charge in [0.2, 0.25) is 5.96 Å². The van der Waals surface area contributed by atoms with E-state index in [1.165, 1.54) is 0 Å². The largest absolute Gasteiger partial charge is 0.739 e. The van der Waals surface area contributed by atoms with Crippen molar-refractivity contribution < 1.29 is 4.74 Å². The minimum absolute atomic E-state index is 0.0722. The summed E-state index contributed by atoms with van der Waals surface area (Å²) in [6, 6.07) is 5.08. The van der Waals surface area contributed by atoms with E-state index in [1.54, 1.807) is 18.2 Å². The number of guanidine groups is 1. The van der Waals surface area contributed by atoms with Gasteiger partial charge in [0.25, 0.3) is 0 Å². The molecule has 0 amide bonds. The topological polar surface area (TPSA) is 89.2 Å². The summed E-state index contributed by atoms with van der Waals surface area (Å²) in [4.78, 5) is 6.08. The highest BCUT2D eigenvalue weighted by Gasteiger charge is 2.11. The normalized spacial score (nSPS) is 14.0. The number of rotatable bonds is 4. The molecule has 1 aromatic rings. The molecule has 2 rings (SSSR count). The van der Waals surface area contributed by atoms with Gasteiger partial charge in [0, 0.05) is 12.6 Å². The van der Waals surface area contributed by atoms with Crippen molar-refractivity contribution in [2.75, 3.05) is 32.4 Å². The third-order valence-corrected chi connectivity index (χ3v) is 2.43. The summed E-state index contributed by atoms with van der Waals surface area (Å²) in [6.45, 7) is 1.39. The van der Waals surface area contributed by atoms with Gasteiger partial charge in [-0.15, -0.1) is 0 Å². The monoisotopic (exact) mass is 250 g/mol. The number of aliphatic imine (C=N–C) groups is 1. The Morgan fingerprint density at radius 1 is 1.50 bits per heavy atom. The van der Waals surface area contributed by atoms with Crippen molar-refractivity contribution in [1.29, 1.82) is 0 Å². The fourth-order valence-corrected chi connectivity index (χ4v) is 1.52. The number of nitrogens with one attached hydrogen (secondary N) is 1. The fraction of sp³-hybridized carbons (Fsp3) is 0.364. The minimum Gasteiger partial charge on any atom is -0.739 e. The predicted octanol–water partition coefficient (Wildman–Crippen LogP) is 0.396. The number of anilines is 1. The Bertz CT molecular complexity index is 461. The zero-order valence-electron chi connectivity index (χ0n) is 10.4. The van der Waals surface area contributed by atoms with Crippen LogP contribution in [0.5, 0.6) is 5.75 Å². The Morgan fingerprint density at radius 3 is 3.00 bits per heavy atom. The number of likely N-dealkylation sites (N-methyl/N-ethyl adjacent to an activating group) is 1. The van der Waals surface area contributed by atoms with Crippen molar-refractivity contribution in [3.63, 3.8) is 0 Å². The Labute approximate surface area is 105 Å². The van der Waals surface area contributed by atoms with Crippen molar-refractivity contribution in [3.05, 3.63) is 23.4 Å². The summed E-state index contributed by atoms with van der Waals surface area (Å²) in [5, 5.41) is 12.1. The van der Waals surface area contributed by atoms with Gasteiger partial charge in [0.15, 0.2) is 0 Å². The van der Waals surface area contributed by atoms with Gasteiger partial charge in [-0.25, -0.2) is 4.99 Å². The highest BCUT2D eigenvalue weighted by atomic mass is 16.5. The molecule has 0 radical (unpaired) electrons. The van der Waals surface area contributed by atoms with E-state index in [9.17, 15) is 5.21 Å². The van der Waals surface area contributed by atoms with Crippen LogP contribution in [-0.4, -0.2) is 38.1 Å². The summed E-state index contributed by atoms with van der Waals surface area (Å²) in [5.41, 5.74) is 8.77. The second-order valence-corrected chi connectivity index (χ2v) is 4.21. The Hall–Kier alpha value is -1.99. The number of benzene rings is 1. The number of nitrogens with two attached hydrogens (primary N) is 1. The summed E-state index contributed by atoms with van der Waals surface area (Å²) < 4.78 is 5.56. The molecule has 1 aromatic carbocycles. The molecule has 1 aliphatic heterocycles. The smallest absolute Gasteiger partial charge is 0.212 e. The molecule has 0 saturated heterocycles. The van der Waals surface area contributed by atoms with Crippen LogP contribution in [0.15, 0.2) is 23.2 Å². The molecule has 1 heterocycles. The number of nitrogens with zero attached hydrogens (tertiary/aromatic N) is 3. The molecule has 0 unspecified atom stereocenters. The molecule has 7 nitrogen and oxygen atoms in total. The summed E-state index contributed by atoms with van der Waals surface area (Å²) >= 11 is 0. The molecule has 7 heteroatoms. The van der Waals surface area contributed by atoms with E-state index in [2.05, 4.69) is 10.4 Å². The molecule has 98 valence electrons. The number of hydrazine groups is 1. The third kappa shape index (κ3) is 2.82. The molecule has 3 N–H and O–H groups in total. The average molecular weight is 250 g/mol. The maximum atomic E-state index is 11.5. The van der Waals surface area contributed by atoms with Gasteiger partial charge in [-0.2, -0.15) is 0 Å². The maximum absolute atomic E-state index is 11.5. The Kier molecular flexibility index (Phi) is 3.54. The van der Waals surface area contributed by atoms with Crippen LogP contribution in [0.2, 0.25) is 0 Å². The lowest BCUT2D eigenvalue weighted by atomic mass is 10.2. The zero-order valence-corrected chi connectivity index (χ0v) is 10.4. The van der Waals surface area contributed by atoms with Crippen LogP contribution in [0.4, 0.5) is 11.4 Å². The molecule has 0 fully saturated rings. The lowest BCUT2D eigenvalue weighted by Gasteiger charge is -2.35. The first-order valence-corrected chi connectivity index (χ1v) is 5.56. The van der Waals surface area contributed by atoms with Crippen LogP contribution in [0, 0.1) is 5.21 Å². The molecule has 18 heavy (non-hydrogen) atoms. The standard InChI is InChI=1S/C11H16N5O2/c1-15(2)5-6-18-8-3-4-10-9(7-8)13-11(12)14-16(10)17/h3-4,7H,5-6H2,1-2H3,(H3,12,13,14)/q-1. The Morgan fingerprint density at radius 2 is 2.28 bits per heavy atom. The first kappa shape index (κ1) is 12.5. The van der Waals surface area contributed by atoms with Crippen LogP contribution >= 0.6 is 0 Å². The second kappa shape index (κ2) is 5.11. The number of hydrogen-bond donors (Lipinski definition) is 2. The molecular weight excluding hydrogens is 234 g/mol. The molecule has 1 aliphatic rings. The van der Waals surface area contributed by atoms with Gasteiger partial charge in [0.05, 0.1) is 11.4 Å². The molecule has 0 atom stereocenters. The van der Waals surface area contributed by atoms with E-state index >= 15 is 0 Å². The van der Waals surface area contributed by atoms with E-state index < -0.39 is 0 Å². The zero-order chi connectivity index (χ0) is 13.1. The van der Waals surface area contributed by atoms with Crippen molar-refractivity contribution in [1.82, 2.24) is 10.3 Å². The summed E-state index contributed by atoms with van der Waals surface area (Å²) in [6.07, 6.45) is 0. The van der Waals surface area contributed by atoms with Gasteiger partial charge in [-0.1, -0.05) is 0 Å². The van der Waals surface area contributed by atoms with Gasteiger partial charge in [-0.05, 0) is 26.2 Å². The maximum Gasteiger partial charge on any atom is 0.212 e. The van der Waals surface area contributed by atoms with E-state index in [4.69, 9.17) is 10.5 Å². The highest BCUT2D eigenvalue weighted by Crippen LogP contribution is 2.33. The van der Waals surface area contributed by atoms with E-state index in [0.29, 0.717) is 28.9 Å². The Balaban J connectivity index is 2.10. The molecule has 0 aromatic heterocycles. The van der Waals surface area contributed by atoms with Crippen molar-refractivity contribution in [3.8, 4) is 5.75 Å². The van der Waals surface area contributed by atoms with Crippen molar-refractivity contribution in [2.24, 2.45) is 10.7 Å². The number of hydrogen-bond acceptors (Lipinski definition) is 7. The third-order valence-electron chi connectivity index (χ3n) is 2.43. The fourth-order valence-electron chi connectivity index (χ4n) is 1.52. The van der Waals surface area contributed by atoms with Crippen LogP contribution in [0.25, 0.3) is 0 Å². The van der Waals surface area contributed by atoms with Crippen molar-refractivity contribution >= 4 is 17.3 Å². The first-order chi connectivity index (χ1) is 8.56. The van der Waals surface area contributed by atoms with Gasteiger partial charge < -0.3 is 25.7 Å². The predicted molar refractivity (Wildman–Crippen MR) is 70.8 cm³/mol. The molecule has 0 saturated carbocycles. The molecule has 0 spiro atoms. The molecule has 0 aliphatic carbocycles. The summed E-state index contributed by atoms with van der Waals surface area (Å²) in [7, 11) is 3.95. The van der Waals surface area contributed by atoms with Gasteiger partial charge in [-0.3, -0.25) is 5.43 Å². The van der Waals surface area contributed by atoms with Gasteiger partial charge in [0.1, 0.15) is 12.4 Å². The SMILES string of the molecule is CN(C)CCOc1ccc2c(c1)N=C(N)NN2[O-]. The van der Waals surface area contributed by atoms with Crippen LogP contribution in [0.3, 0.4) is 0 Å². The molecular formula is C11H16N5O2-. The minimum atomic E-state index is 0.0722. The number of fused-ring (bicyclic) bond motifs is 1. The molecule has 0 bridgehead atoms. The van der Waals surface area contributed by atoms with E-state index in [-0.39, 0.29) is 5.96 Å². The quantitative estimate of drug-likeness (QED) is 0.803. The number of ether oxygens (including phenoxy) is 1. The van der Waals surface area contributed by atoms with Crippen LogP contribution < -0.4 is 21.1 Å². The average Bonchev–Trinajstić information content (AvgIpc) is 2.27. The summed E-state index contributed by atoms with van der Waals surface area (Å²) in [5.74, 6) is 0.741. The van der Waals surface area contributed by atoms with Crippen molar-refractivity contribution in [2.45, 2.75) is 0 Å². The van der Waals surface area contributed by atoms with E-state index in [1.807, 2.05) is 19.0 Å².